The van der Waals surface area contributed by atoms with E-state index in [9.17, 15) is 4.79 Å². The third-order valence-corrected chi connectivity index (χ3v) is 5.69. The van der Waals surface area contributed by atoms with Crippen LogP contribution in [0.15, 0.2) is 30.7 Å². The van der Waals surface area contributed by atoms with Gasteiger partial charge in [0, 0.05) is 37.4 Å². The molecule has 140 valence electrons. The zero-order valence-corrected chi connectivity index (χ0v) is 16.3. The van der Waals surface area contributed by atoms with Gasteiger partial charge in [0.1, 0.15) is 17.7 Å². The van der Waals surface area contributed by atoms with Gasteiger partial charge in [-0.15, -0.1) is 0 Å². The lowest BCUT2D eigenvalue weighted by atomic mass is 10.2. The van der Waals surface area contributed by atoms with Crippen molar-refractivity contribution < 1.29 is 9.53 Å². The summed E-state index contributed by atoms with van der Waals surface area (Å²) < 4.78 is 6.20. The largest absolute Gasteiger partial charge is 0.462 e. The minimum Gasteiger partial charge on any atom is -0.462 e. The van der Waals surface area contributed by atoms with Crippen molar-refractivity contribution in [2.24, 2.45) is 0 Å². The Labute approximate surface area is 165 Å². The lowest BCUT2D eigenvalue weighted by molar-refractivity contribution is 0.0526. The summed E-state index contributed by atoms with van der Waals surface area (Å²) >= 11 is 7.71. The van der Waals surface area contributed by atoms with Crippen LogP contribution in [0.1, 0.15) is 17.3 Å². The van der Waals surface area contributed by atoms with Gasteiger partial charge in [0.2, 0.25) is 0 Å². The van der Waals surface area contributed by atoms with E-state index in [2.05, 4.69) is 19.8 Å². The number of hydrogen-bond acceptors (Lipinski definition) is 8. The van der Waals surface area contributed by atoms with E-state index in [-0.39, 0.29) is 0 Å². The number of halogens is 1. The molecule has 0 saturated carbocycles. The van der Waals surface area contributed by atoms with E-state index >= 15 is 0 Å². The Bertz CT molecular complexity index is 971. The number of carbonyl (C=O) groups is 1. The fraction of sp³-hybridized carbons (Fsp3) is 0.333. The predicted molar refractivity (Wildman–Crippen MR) is 107 cm³/mol. The zero-order valence-electron chi connectivity index (χ0n) is 14.8. The molecule has 9 heteroatoms. The van der Waals surface area contributed by atoms with Crippen LogP contribution < -0.4 is 9.80 Å². The molecule has 0 radical (unpaired) electrons. The maximum Gasteiger partial charge on any atom is 0.343 e. The average molecular weight is 404 g/mol. The second-order valence-corrected chi connectivity index (χ2v) is 7.51. The molecule has 0 N–H and O–H groups in total. The molecule has 0 spiro atoms. The van der Waals surface area contributed by atoms with Gasteiger partial charge >= 0.3 is 5.97 Å². The summed E-state index contributed by atoms with van der Waals surface area (Å²) in [5.41, 5.74) is 1.37. The van der Waals surface area contributed by atoms with Crippen molar-refractivity contribution in [3.05, 3.63) is 41.3 Å². The van der Waals surface area contributed by atoms with Crippen LogP contribution in [0.4, 0.5) is 10.9 Å². The maximum absolute atomic E-state index is 12.2. The third kappa shape index (κ3) is 3.68. The van der Waals surface area contributed by atoms with Gasteiger partial charge in [0.15, 0.2) is 5.13 Å². The van der Waals surface area contributed by atoms with Crippen LogP contribution in [-0.2, 0) is 4.74 Å². The normalized spacial score (nSPS) is 14.6. The van der Waals surface area contributed by atoms with E-state index < -0.39 is 5.97 Å². The molecule has 7 nitrogen and oxygen atoms in total. The van der Waals surface area contributed by atoms with E-state index in [1.165, 1.54) is 12.5 Å². The first kappa shape index (κ1) is 17.9. The van der Waals surface area contributed by atoms with Crippen molar-refractivity contribution >= 4 is 50.1 Å². The molecule has 1 fully saturated rings. The molecule has 1 saturated heterocycles. The molecule has 0 amide bonds. The topological polar surface area (TPSA) is 71.5 Å². The molecule has 3 aromatic rings. The minimum absolute atomic E-state index is 0.322. The van der Waals surface area contributed by atoms with Crippen LogP contribution in [0.25, 0.3) is 10.2 Å². The lowest BCUT2D eigenvalue weighted by Gasteiger charge is -2.35. The SMILES string of the molecule is CCOC(=O)c1cncnc1N1CCN(c2nc3ccc(Cl)cc3s2)CC1. The highest BCUT2D eigenvalue weighted by Crippen LogP contribution is 2.31. The van der Waals surface area contributed by atoms with Crippen LogP contribution in [0.2, 0.25) is 5.02 Å². The maximum atomic E-state index is 12.2. The molecule has 4 rings (SSSR count). The van der Waals surface area contributed by atoms with Gasteiger partial charge in [0.05, 0.1) is 16.8 Å². The summed E-state index contributed by atoms with van der Waals surface area (Å²) in [5, 5.41) is 1.71. The average Bonchev–Trinajstić information content (AvgIpc) is 3.11. The van der Waals surface area contributed by atoms with Crippen LogP contribution in [0, 0.1) is 0 Å². The van der Waals surface area contributed by atoms with Crippen LogP contribution in [0.5, 0.6) is 0 Å². The number of carbonyl (C=O) groups excluding carboxylic acids is 1. The third-order valence-electron chi connectivity index (χ3n) is 4.38. The molecule has 0 bridgehead atoms. The predicted octanol–water partition coefficient (Wildman–Crippen LogP) is 3.24. The number of fused-ring (bicyclic) bond motifs is 1. The van der Waals surface area contributed by atoms with E-state index in [1.807, 2.05) is 18.2 Å². The number of nitrogens with zero attached hydrogens (tertiary/aromatic N) is 5. The van der Waals surface area contributed by atoms with Crippen molar-refractivity contribution in [1.29, 1.82) is 0 Å². The summed E-state index contributed by atoms with van der Waals surface area (Å²) in [6.07, 6.45) is 2.98. The van der Waals surface area contributed by atoms with Crippen molar-refractivity contribution in [2.75, 3.05) is 42.6 Å². The summed E-state index contributed by atoms with van der Waals surface area (Å²) in [6, 6.07) is 5.75. The Morgan fingerprint density at radius 2 is 2.04 bits per heavy atom. The highest BCUT2D eigenvalue weighted by molar-refractivity contribution is 7.22. The molecule has 0 unspecified atom stereocenters. The monoisotopic (exact) mass is 403 g/mol. The first-order valence-electron chi connectivity index (χ1n) is 8.69. The van der Waals surface area contributed by atoms with Gasteiger partial charge in [-0.25, -0.2) is 19.7 Å². The van der Waals surface area contributed by atoms with Gasteiger partial charge in [0.25, 0.3) is 0 Å². The number of thiazole rings is 1. The van der Waals surface area contributed by atoms with E-state index in [0.29, 0.717) is 18.0 Å². The smallest absolute Gasteiger partial charge is 0.343 e. The second-order valence-electron chi connectivity index (χ2n) is 6.06. The van der Waals surface area contributed by atoms with E-state index in [1.54, 1.807) is 18.3 Å². The van der Waals surface area contributed by atoms with Gasteiger partial charge in [-0.2, -0.15) is 0 Å². The number of rotatable bonds is 4. The van der Waals surface area contributed by atoms with Crippen LogP contribution >= 0.6 is 22.9 Å². The number of hydrogen-bond donors (Lipinski definition) is 0. The number of anilines is 2. The fourth-order valence-corrected chi connectivity index (χ4v) is 4.35. The number of aromatic nitrogens is 3. The first-order chi connectivity index (χ1) is 13.2. The molecule has 2 aromatic heterocycles. The standard InChI is InChI=1S/C18H18ClN5O2S/c1-2-26-17(25)13-10-20-11-21-16(13)23-5-7-24(8-6-23)18-22-14-4-3-12(19)9-15(14)27-18/h3-4,9-11H,2,5-8H2,1H3. The zero-order chi connectivity index (χ0) is 18.8. The molecule has 27 heavy (non-hydrogen) atoms. The Kier molecular flexibility index (Phi) is 5.09. The summed E-state index contributed by atoms with van der Waals surface area (Å²) in [7, 11) is 0. The molecular formula is C18H18ClN5O2S. The molecule has 1 aliphatic rings. The summed E-state index contributed by atoms with van der Waals surface area (Å²) in [4.78, 5) is 29.5. The van der Waals surface area contributed by atoms with Crippen molar-refractivity contribution in [1.82, 2.24) is 15.0 Å². The van der Waals surface area contributed by atoms with Crippen LogP contribution in [0.3, 0.4) is 0 Å². The minimum atomic E-state index is -0.390. The molecule has 0 atom stereocenters. The fourth-order valence-electron chi connectivity index (χ4n) is 3.06. The van der Waals surface area contributed by atoms with Crippen molar-refractivity contribution in [2.45, 2.75) is 6.92 Å². The quantitative estimate of drug-likeness (QED) is 0.619. The number of esters is 1. The number of benzene rings is 1. The number of ether oxygens (including phenoxy) is 1. The Morgan fingerprint density at radius 1 is 1.26 bits per heavy atom. The molecule has 1 aliphatic heterocycles. The number of piperazine rings is 1. The van der Waals surface area contributed by atoms with Crippen molar-refractivity contribution in [3.8, 4) is 0 Å². The molecule has 3 heterocycles. The Morgan fingerprint density at radius 3 is 2.81 bits per heavy atom. The summed E-state index contributed by atoms with van der Waals surface area (Å²) in [6.45, 7) is 5.16. The summed E-state index contributed by atoms with van der Waals surface area (Å²) in [5.74, 6) is 0.234. The Hall–Kier alpha value is -2.45. The first-order valence-corrected chi connectivity index (χ1v) is 9.88. The van der Waals surface area contributed by atoms with Gasteiger partial charge in [-0.05, 0) is 25.1 Å². The molecular weight excluding hydrogens is 386 g/mol. The van der Waals surface area contributed by atoms with E-state index in [4.69, 9.17) is 21.3 Å². The van der Waals surface area contributed by atoms with Gasteiger partial charge < -0.3 is 14.5 Å². The lowest BCUT2D eigenvalue weighted by Crippen LogP contribution is -2.47. The highest BCUT2D eigenvalue weighted by Gasteiger charge is 2.25. The highest BCUT2D eigenvalue weighted by atomic mass is 35.5. The van der Waals surface area contributed by atoms with Crippen LogP contribution in [-0.4, -0.2) is 53.7 Å². The van der Waals surface area contributed by atoms with Gasteiger partial charge in [-0.3, -0.25) is 0 Å². The van der Waals surface area contributed by atoms with Gasteiger partial charge in [-0.1, -0.05) is 22.9 Å². The Balaban J connectivity index is 1.50. The second kappa shape index (κ2) is 7.66. The van der Waals surface area contributed by atoms with Crippen molar-refractivity contribution in [3.63, 3.8) is 0 Å². The van der Waals surface area contributed by atoms with E-state index in [0.717, 1.165) is 46.5 Å². The molecule has 0 aliphatic carbocycles. The molecule has 1 aromatic carbocycles.